The molecule has 0 aromatic heterocycles. The maximum atomic E-state index is 12.7. The third kappa shape index (κ3) is 4.12. The van der Waals surface area contributed by atoms with Gasteiger partial charge in [-0.05, 0) is 54.4 Å². The number of nitrogens with two attached hydrogens (primary N) is 1. The number of ether oxygens (including phenoxy) is 2. The lowest BCUT2D eigenvalue weighted by Gasteiger charge is -2.27. The van der Waals surface area contributed by atoms with Gasteiger partial charge in [-0.3, -0.25) is 9.59 Å². The van der Waals surface area contributed by atoms with Crippen molar-refractivity contribution in [3.8, 4) is 17.6 Å². The van der Waals surface area contributed by atoms with E-state index >= 15 is 0 Å². The largest absolute Gasteiger partial charge is 0.488 e. The number of Topliss-reactive ketones (excluding diaryl/α,β-unsaturated/α-hetero) is 1. The molecule has 3 aromatic carbocycles. The Kier molecular flexibility index (Phi) is 5.42. The summed E-state index contributed by atoms with van der Waals surface area (Å²) in [6.45, 7) is 2.14. The molecule has 0 bridgehead atoms. The monoisotopic (exact) mass is 412 g/mol. The Labute approximate surface area is 179 Å². The summed E-state index contributed by atoms with van der Waals surface area (Å²) in [6, 6.07) is 19.6. The van der Waals surface area contributed by atoms with Gasteiger partial charge < -0.3 is 15.2 Å². The number of nitriles is 1. The van der Waals surface area contributed by atoms with E-state index < -0.39 is 12.0 Å². The molecule has 0 saturated carbocycles. The van der Waals surface area contributed by atoms with Gasteiger partial charge in [-0.15, -0.1) is 0 Å². The zero-order chi connectivity index (χ0) is 22.0. The molecule has 0 fully saturated rings. The van der Waals surface area contributed by atoms with Crippen LogP contribution >= 0.6 is 0 Å². The van der Waals surface area contributed by atoms with Gasteiger partial charge in [0.2, 0.25) is 5.91 Å². The third-order valence-electron chi connectivity index (χ3n) is 5.31. The molecule has 0 saturated heterocycles. The molecule has 31 heavy (non-hydrogen) atoms. The van der Waals surface area contributed by atoms with Gasteiger partial charge in [0.25, 0.3) is 0 Å². The van der Waals surface area contributed by atoms with Crippen LogP contribution in [-0.2, 0) is 6.61 Å². The zero-order valence-electron chi connectivity index (χ0n) is 16.9. The molecule has 2 N–H and O–H groups in total. The van der Waals surface area contributed by atoms with Gasteiger partial charge in [-0.25, -0.2) is 0 Å². The van der Waals surface area contributed by atoms with Crippen molar-refractivity contribution in [1.29, 1.82) is 5.26 Å². The average Bonchev–Trinajstić information content (AvgIpc) is 2.79. The summed E-state index contributed by atoms with van der Waals surface area (Å²) >= 11 is 0. The Bertz CT molecular complexity index is 1210. The molecule has 0 spiro atoms. The maximum Gasteiger partial charge on any atom is 0.248 e. The molecule has 1 heterocycles. The normalized spacial score (nSPS) is 14.8. The van der Waals surface area contributed by atoms with Gasteiger partial charge in [0, 0.05) is 11.1 Å². The predicted octanol–water partition coefficient (Wildman–Crippen LogP) is 4.25. The Balaban J connectivity index is 1.56. The average molecular weight is 412 g/mol. The number of rotatable bonds is 5. The second kappa shape index (κ2) is 8.33. The molecule has 1 aliphatic rings. The number of hydrogen-bond acceptors (Lipinski definition) is 5. The number of amides is 1. The van der Waals surface area contributed by atoms with E-state index in [0.717, 1.165) is 16.7 Å². The van der Waals surface area contributed by atoms with Gasteiger partial charge in [-0.1, -0.05) is 24.3 Å². The van der Waals surface area contributed by atoms with Crippen LogP contribution in [0.3, 0.4) is 0 Å². The van der Waals surface area contributed by atoms with Gasteiger partial charge in [-0.2, -0.15) is 5.26 Å². The lowest BCUT2D eigenvalue weighted by atomic mass is 9.94. The molecule has 1 unspecified atom stereocenters. The topological polar surface area (TPSA) is 102 Å². The first kappa shape index (κ1) is 20.2. The van der Waals surface area contributed by atoms with Crippen molar-refractivity contribution >= 4 is 11.7 Å². The second-order valence-electron chi connectivity index (χ2n) is 7.39. The van der Waals surface area contributed by atoms with Crippen molar-refractivity contribution in [1.82, 2.24) is 0 Å². The Morgan fingerprint density at radius 3 is 2.68 bits per heavy atom. The highest BCUT2D eigenvalue weighted by Crippen LogP contribution is 2.40. The number of fused-ring (bicyclic) bond motifs is 1. The first-order valence-corrected chi connectivity index (χ1v) is 9.81. The molecule has 1 aliphatic heterocycles. The van der Waals surface area contributed by atoms with E-state index in [1.54, 1.807) is 54.6 Å². The highest BCUT2D eigenvalue weighted by atomic mass is 16.5. The Morgan fingerprint density at radius 2 is 1.97 bits per heavy atom. The molecule has 3 aromatic rings. The number of hydrogen-bond donors (Lipinski definition) is 1. The minimum atomic E-state index is -0.477. The first-order chi connectivity index (χ1) is 15.0. The van der Waals surface area contributed by atoms with E-state index in [4.69, 9.17) is 20.5 Å². The summed E-state index contributed by atoms with van der Waals surface area (Å²) < 4.78 is 12.1. The standard InChI is InChI=1S/C25H20N2O4/c1-15-22(30-14-16-5-7-18(8-6-16)25(27)29)10-9-20-21(28)12-23(31-24(15)20)19-4-2-3-17(11-19)13-26/h2-11,23H,12,14H2,1H3,(H2,27,29). The van der Waals surface area contributed by atoms with Crippen molar-refractivity contribution in [2.45, 2.75) is 26.1 Å². The van der Waals surface area contributed by atoms with Crippen LogP contribution in [0.15, 0.2) is 60.7 Å². The molecule has 4 rings (SSSR count). The molecule has 154 valence electrons. The summed E-state index contributed by atoms with van der Waals surface area (Å²) in [4.78, 5) is 23.9. The van der Waals surface area contributed by atoms with Gasteiger partial charge in [0.05, 0.1) is 23.6 Å². The second-order valence-corrected chi connectivity index (χ2v) is 7.39. The lowest BCUT2D eigenvalue weighted by Crippen LogP contribution is -2.21. The fraction of sp³-hybridized carbons (Fsp3) is 0.160. The quantitative estimate of drug-likeness (QED) is 0.675. The van der Waals surface area contributed by atoms with Crippen molar-refractivity contribution < 1.29 is 19.1 Å². The molecule has 1 atom stereocenters. The van der Waals surface area contributed by atoms with Crippen LogP contribution in [-0.4, -0.2) is 11.7 Å². The minimum absolute atomic E-state index is 0.00898. The predicted molar refractivity (Wildman–Crippen MR) is 114 cm³/mol. The first-order valence-electron chi connectivity index (χ1n) is 9.81. The number of nitrogens with zero attached hydrogens (tertiary/aromatic N) is 1. The number of primary amides is 1. The van der Waals surface area contributed by atoms with Crippen molar-refractivity contribution in [3.63, 3.8) is 0 Å². The molecular weight excluding hydrogens is 392 g/mol. The van der Waals surface area contributed by atoms with Crippen LogP contribution in [0, 0.1) is 18.3 Å². The number of ketones is 1. The Hall–Kier alpha value is -4.11. The van der Waals surface area contributed by atoms with Crippen LogP contribution in [0.25, 0.3) is 0 Å². The van der Waals surface area contributed by atoms with Gasteiger partial charge in [0.15, 0.2) is 5.78 Å². The molecule has 1 amide bonds. The summed E-state index contributed by atoms with van der Waals surface area (Å²) in [5, 5.41) is 9.15. The fourth-order valence-corrected chi connectivity index (χ4v) is 3.58. The number of benzene rings is 3. The van der Waals surface area contributed by atoms with E-state index in [2.05, 4.69) is 6.07 Å². The third-order valence-corrected chi connectivity index (χ3v) is 5.31. The zero-order valence-corrected chi connectivity index (χ0v) is 16.9. The fourth-order valence-electron chi connectivity index (χ4n) is 3.58. The molecular formula is C25H20N2O4. The lowest BCUT2D eigenvalue weighted by molar-refractivity contribution is 0.0846. The number of carbonyl (C=O) groups excluding carboxylic acids is 2. The van der Waals surface area contributed by atoms with E-state index in [-0.39, 0.29) is 12.2 Å². The summed E-state index contributed by atoms with van der Waals surface area (Å²) in [6.07, 6.45) is -0.239. The smallest absolute Gasteiger partial charge is 0.248 e. The van der Waals surface area contributed by atoms with Crippen LogP contribution in [0.1, 0.15) is 55.5 Å². The van der Waals surface area contributed by atoms with Crippen LogP contribution < -0.4 is 15.2 Å². The van der Waals surface area contributed by atoms with Gasteiger partial charge in [0.1, 0.15) is 24.2 Å². The highest BCUT2D eigenvalue weighted by molar-refractivity contribution is 6.00. The van der Waals surface area contributed by atoms with Crippen LogP contribution in [0.4, 0.5) is 0 Å². The van der Waals surface area contributed by atoms with E-state index in [9.17, 15) is 9.59 Å². The molecule has 6 nitrogen and oxygen atoms in total. The van der Waals surface area contributed by atoms with Crippen LogP contribution in [0.5, 0.6) is 11.5 Å². The summed E-state index contributed by atoms with van der Waals surface area (Å²) in [5.41, 5.74) is 9.17. The number of carbonyl (C=O) groups is 2. The highest BCUT2D eigenvalue weighted by Gasteiger charge is 2.30. The molecule has 0 radical (unpaired) electrons. The Morgan fingerprint density at radius 1 is 1.19 bits per heavy atom. The van der Waals surface area contributed by atoms with E-state index in [1.165, 1.54) is 0 Å². The minimum Gasteiger partial charge on any atom is -0.488 e. The van der Waals surface area contributed by atoms with Crippen molar-refractivity contribution in [3.05, 3.63) is 94.0 Å². The SMILES string of the molecule is Cc1c(OCc2ccc(C(N)=O)cc2)ccc2c1OC(c1cccc(C#N)c1)CC2=O. The van der Waals surface area contributed by atoms with Crippen molar-refractivity contribution in [2.75, 3.05) is 0 Å². The van der Waals surface area contributed by atoms with Crippen molar-refractivity contribution in [2.24, 2.45) is 5.73 Å². The van der Waals surface area contributed by atoms with E-state index in [1.807, 2.05) is 13.0 Å². The van der Waals surface area contributed by atoms with Crippen LogP contribution in [0.2, 0.25) is 0 Å². The van der Waals surface area contributed by atoms with Gasteiger partial charge >= 0.3 is 0 Å². The molecule has 0 aliphatic carbocycles. The summed E-state index contributed by atoms with van der Waals surface area (Å²) in [7, 11) is 0. The maximum absolute atomic E-state index is 12.7. The van der Waals surface area contributed by atoms with E-state index in [0.29, 0.717) is 34.8 Å². The summed E-state index contributed by atoms with van der Waals surface area (Å²) in [5.74, 6) is 0.627. The molecule has 6 heteroatoms.